The molecule has 0 saturated carbocycles. The van der Waals surface area contributed by atoms with Gasteiger partial charge in [0.15, 0.2) is 0 Å². The molecule has 0 spiro atoms. The van der Waals surface area contributed by atoms with E-state index in [9.17, 15) is 22.5 Å². The minimum Gasteiger partial charge on any atom is -0.478 e. The second kappa shape index (κ2) is 7.95. The van der Waals surface area contributed by atoms with E-state index in [2.05, 4.69) is 0 Å². The number of benzene rings is 1. The van der Waals surface area contributed by atoms with E-state index in [0.29, 0.717) is 6.07 Å². The number of carbonyl (C=O) groups is 1. The summed E-state index contributed by atoms with van der Waals surface area (Å²) in [5.41, 5.74) is -1.48. The Morgan fingerprint density at radius 2 is 1.78 bits per heavy atom. The Labute approximate surface area is 131 Å². The molecular weight excluding hydrogens is 336 g/mol. The average Bonchev–Trinajstić information content (AvgIpc) is 2.44. The zero-order valence-corrected chi connectivity index (χ0v) is 13.6. The van der Waals surface area contributed by atoms with Crippen molar-refractivity contribution in [3.05, 3.63) is 34.9 Å². The monoisotopic (exact) mass is 354 g/mol. The van der Waals surface area contributed by atoms with E-state index in [1.54, 1.807) is 13.8 Å². The third-order valence-corrected chi connectivity index (χ3v) is 5.04. The van der Waals surface area contributed by atoms with Gasteiger partial charge in [0.2, 0.25) is 0 Å². The summed E-state index contributed by atoms with van der Waals surface area (Å²) in [7, 11) is -3.51. The number of aryl methyl sites for hydroxylation is 1. The summed E-state index contributed by atoms with van der Waals surface area (Å²) in [6.45, 7) is 3.38. The van der Waals surface area contributed by atoms with Crippen LogP contribution < -0.4 is 0 Å². The number of hydrogen-bond acceptors (Lipinski definition) is 4. The normalized spacial score (nSPS) is 12.4. The topological polar surface area (TPSA) is 72.8 Å². The first kappa shape index (κ1) is 19.7. The molecule has 0 saturated heterocycles. The van der Waals surface area contributed by atoms with E-state index in [0.717, 1.165) is 12.1 Å². The quantitative estimate of drug-likeness (QED) is 0.708. The summed E-state index contributed by atoms with van der Waals surface area (Å²) >= 11 is 0. The number of carboxylic acids is 1. The maximum Gasteiger partial charge on any atom is 0.416 e. The van der Waals surface area contributed by atoms with Gasteiger partial charge in [-0.25, -0.2) is 4.79 Å². The van der Waals surface area contributed by atoms with Crippen LogP contribution in [-0.4, -0.2) is 30.5 Å². The van der Waals surface area contributed by atoms with Gasteiger partial charge in [0.1, 0.15) is 0 Å². The van der Waals surface area contributed by atoms with E-state index in [1.165, 1.54) is 0 Å². The highest BCUT2D eigenvalue weighted by molar-refractivity contribution is 7.53. The molecule has 0 atom stereocenters. The van der Waals surface area contributed by atoms with Crippen LogP contribution in [0.5, 0.6) is 0 Å². The highest BCUT2D eigenvalue weighted by Crippen LogP contribution is 2.48. The van der Waals surface area contributed by atoms with Crippen molar-refractivity contribution in [1.29, 1.82) is 0 Å². The fraction of sp³-hybridized carbons (Fsp3) is 0.500. The lowest BCUT2D eigenvalue weighted by atomic mass is 10.0. The van der Waals surface area contributed by atoms with Gasteiger partial charge in [-0.3, -0.25) is 4.57 Å². The average molecular weight is 354 g/mol. The Balaban J connectivity index is 3.11. The summed E-state index contributed by atoms with van der Waals surface area (Å²) in [5, 5.41) is 8.91. The maximum atomic E-state index is 13.0. The predicted molar refractivity (Wildman–Crippen MR) is 77.8 cm³/mol. The smallest absolute Gasteiger partial charge is 0.416 e. The number of halogens is 3. The molecule has 1 aromatic rings. The SMILES string of the molecule is CCOP(=O)(CCc1cc(C(=O)O)ccc1C(F)(F)F)OCC. The summed E-state index contributed by atoms with van der Waals surface area (Å²) < 4.78 is 61.4. The van der Waals surface area contributed by atoms with Gasteiger partial charge in [0.05, 0.1) is 30.5 Å². The van der Waals surface area contributed by atoms with E-state index < -0.39 is 25.3 Å². The molecule has 0 aliphatic carbocycles. The highest BCUT2D eigenvalue weighted by atomic mass is 31.2. The van der Waals surface area contributed by atoms with Gasteiger partial charge < -0.3 is 14.2 Å². The zero-order chi connectivity index (χ0) is 17.7. The maximum absolute atomic E-state index is 13.0. The molecule has 1 N–H and O–H groups in total. The number of carboxylic acid groups (broad SMARTS) is 1. The van der Waals surface area contributed by atoms with Crippen LogP contribution in [0.1, 0.15) is 35.3 Å². The molecule has 130 valence electrons. The molecule has 1 aromatic carbocycles. The molecule has 5 nitrogen and oxygen atoms in total. The Bertz CT molecular complexity index is 591. The predicted octanol–water partition coefficient (Wildman–Crippen LogP) is 4.21. The van der Waals surface area contributed by atoms with Gasteiger partial charge in [-0.05, 0) is 44.0 Å². The van der Waals surface area contributed by atoms with Crippen molar-refractivity contribution < 1.29 is 36.7 Å². The molecule has 9 heteroatoms. The van der Waals surface area contributed by atoms with Crippen LogP contribution in [0.4, 0.5) is 13.2 Å². The third-order valence-electron chi connectivity index (χ3n) is 2.96. The molecular formula is C14H18F3O5P. The van der Waals surface area contributed by atoms with Gasteiger partial charge in [-0.15, -0.1) is 0 Å². The van der Waals surface area contributed by atoms with Crippen LogP contribution in [0.3, 0.4) is 0 Å². The molecule has 0 bridgehead atoms. The Morgan fingerprint density at radius 3 is 2.22 bits per heavy atom. The van der Waals surface area contributed by atoms with Crippen molar-refractivity contribution in [3.8, 4) is 0 Å². The van der Waals surface area contributed by atoms with Gasteiger partial charge >= 0.3 is 19.7 Å². The number of aromatic carboxylic acids is 1. The van der Waals surface area contributed by atoms with Crippen molar-refractivity contribution >= 4 is 13.6 Å². The first-order chi connectivity index (χ1) is 10.6. The lowest BCUT2D eigenvalue weighted by molar-refractivity contribution is -0.138. The second-order valence-electron chi connectivity index (χ2n) is 4.59. The number of alkyl halides is 3. The zero-order valence-electron chi connectivity index (χ0n) is 12.7. The first-order valence-electron chi connectivity index (χ1n) is 6.94. The largest absolute Gasteiger partial charge is 0.478 e. The van der Waals surface area contributed by atoms with E-state index in [1.807, 2.05) is 0 Å². The molecule has 0 aliphatic heterocycles. The molecule has 0 heterocycles. The van der Waals surface area contributed by atoms with E-state index in [4.69, 9.17) is 14.2 Å². The lowest BCUT2D eigenvalue weighted by Gasteiger charge is -2.18. The van der Waals surface area contributed by atoms with Gasteiger partial charge in [-0.1, -0.05) is 0 Å². The van der Waals surface area contributed by atoms with Crippen molar-refractivity contribution in [2.75, 3.05) is 19.4 Å². The first-order valence-corrected chi connectivity index (χ1v) is 8.67. The fourth-order valence-electron chi connectivity index (χ4n) is 2.03. The molecule has 0 aliphatic rings. The van der Waals surface area contributed by atoms with Crippen LogP contribution in [0, 0.1) is 0 Å². The summed E-state index contributed by atoms with van der Waals surface area (Å²) in [4.78, 5) is 10.9. The Morgan fingerprint density at radius 1 is 1.22 bits per heavy atom. The van der Waals surface area contributed by atoms with Gasteiger partial charge in [0, 0.05) is 0 Å². The van der Waals surface area contributed by atoms with E-state index in [-0.39, 0.29) is 36.9 Å². The minimum absolute atomic E-state index is 0.0958. The van der Waals surface area contributed by atoms with Crippen LogP contribution >= 0.6 is 7.60 Å². The summed E-state index contributed by atoms with van der Waals surface area (Å²) in [5.74, 6) is -1.34. The van der Waals surface area contributed by atoms with Crippen molar-refractivity contribution in [2.45, 2.75) is 26.4 Å². The molecule has 1 rings (SSSR count). The summed E-state index contributed by atoms with van der Waals surface area (Å²) in [6.07, 6.45) is -5.17. The van der Waals surface area contributed by atoms with Gasteiger partial charge in [0.25, 0.3) is 0 Å². The second-order valence-corrected chi connectivity index (χ2v) is 6.78. The van der Waals surface area contributed by atoms with Crippen LogP contribution in [0.15, 0.2) is 18.2 Å². The molecule has 0 aromatic heterocycles. The molecule has 0 radical (unpaired) electrons. The molecule has 0 fully saturated rings. The lowest BCUT2D eigenvalue weighted by Crippen LogP contribution is -2.13. The van der Waals surface area contributed by atoms with Crippen LogP contribution in [-0.2, 0) is 26.2 Å². The van der Waals surface area contributed by atoms with Crippen molar-refractivity contribution in [3.63, 3.8) is 0 Å². The molecule has 23 heavy (non-hydrogen) atoms. The number of hydrogen-bond donors (Lipinski definition) is 1. The van der Waals surface area contributed by atoms with Crippen LogP contribution in [0.2, 0.25) is 0 Å². The van der Waals surface area contributed by atoms with Crippen molar-refractivity contribution in [2.24, 2.45) is 0 Å². The number of rotatable bonds is 8. The standard InChI is InChI=1S/C14H18F3O5P/c1-3-21-23(20,22-4-2)8-7-10-9-11(13(18)19)5-6-12(10)14(15,16)17/h5-6,9H,3-4,7-8H2,1-2H3,(H,18,19). The summed E-state index contributed by atoms with van der Waals surface area (Å²) in [6, 6.07) is 2.54. The Hall–Kier alpha value is -1.37. The molecule has 0 amide bonds. The fourth-order valence-corrected chi connectivity index (χ4v) is 3.66. The molecule has 0 unspecified atom stereocenters. The Kier molecular flexibility index (Phi) is 6.80. The third kappa shape index (κ3) is 5.64. The van der Waals surface area contributed by atoms with Crippen LogP contribution in [0.25, 0.3) is 0 Å². The van der Waals surface area contributed by atoms with Gasteiger partial charge in [-0.2, -0.15) is 13.2 Å². The van der Waals surface area contributed by atoms with Crippen molar-refractivity contribution in [1.82, 2.24) is 0 Å². The highest BCUT2D eigenvalue weighted by Gasteiger charge is 2.34. The van der Waals surface area contributed by atoms with E-state index >= 15 is 0 Å². The minimum atomic E-state index is -4.63.